The first-order valence-electron chi connectivity index (χ1n) is 3.05. The van der Waals surface area contributed by atoms with Gasteiger partial charge >= 0.3 is 0 Å². The summed E-state index contributed by atoms with van der Waals surface area (Å²) in [4.78, 5) is 19.2. The summed E-state index contributed by atoms with van der Waals surface area (Å²) in [5.74, 6) is -0.491. The Morgan fingerprint density at radius 1 is 1.70 bits per heavy atom. The van der Waals surface area contributed by atoms with E-state index in [-0.39, 0.29) is 0 Å². The molecule has 1 rings (SSSR count). The van der Waals surface area contributed by atoms with Gasteiger partial charge in [0.1, 0.15) is 5.78 Å². The first-order chi connectivity index (χ1) is 4.63. The van der Waals surface area contributed by atoms with Gasteiger partial charge in [0.25, 0.3) is 5.97 Å². The molecule has 1 aliphatic heterocycles. The summed E-state index contributed by atoms with van der Waals surface area (Å²) in [6, 6.07) is 0. The van der Waals surface area contributed by atoms with Crippen molar-refractivity contribution in [3.8, 4) is 0 Å². The molecule has 4 nitrogen and oxygen atoms in total. The second-order valence-corrected chi connectivity index (χ2v) is 1.98. The molecule has 10 heavy (non-hydrogen) atoms. The highest BCUT2D eigenvalue weighted by molar-refractivity contribution is 5.82. The highest BCUT2D eigenvalue weighted by Crippen LogP contribution is 1.85. The van der Waals surface area contributed by atoms with Crippen molar-refractivity contribution in [1.29, 1.82) is 0 Å². The Labute approximate surface area is 59.2 Å². The van der Waals surface area contributed by atoms with Crippen LogP contribution in [0.5, 0.6) is 0 Å². The summed E-state index contributed by atoms with van der Waals surface area (Å²) in [5, 5.41) is 10.3. The molecule has 0 amide bonds. The van der Waals surface area contributed by atoms with E-state index in [4.69, 9.17) is 9.90 Å². The van der Waals surface area contributed by atoms with E-state index >= 15 is 0 Å². The standard InChI is InChI=1S/C4H7NO.C2H4O2/c6-4-1-2-5-3-4;1-2(3)4/h5H,1-3H2;1H3,(H,3,4). The van der Waals surface area contributed by atoms with Crippen molar-refractivity contribution in [3.05, 3.63) is 0 Å². The molecule has 1 heterocycles. The molecule has 0 atom stereocenters. The van der Waals surface area contributed by atoms with Gasteiger partial charge in [0.15, 0.2) is 0 Å². The van der Waals surface area contributed by atoms with E-state index in [1.165, 1.54) is 0 Å². The van der Waals surface area contributed by atoms with Gasteiger partial charge in [-0.15, -0.1) is 0 Å². The number of carboxylic acid groups (broad SMARTS) is 1. The van der Waals surface area contributed by atoms with Crippen molar-refractivity contribution in [2.24, 2.45) is 0 Å². The summed E-state index contributed by atoms with van der Waals surface area (Å²) in [5.41, 5.74) is 0. The molecule has 4 heteroatoms. The summed E-state index contributed by atoms with van der Waals surface area (Å²) in [7, 11) is 0. The second kappa shape index (κ2) is 4.93. The number of nitrogens with one attached hydrogen (secondary N) is 1. The number of carbonyl (C=O) groups excluding carboxylic acids is 1. The third-order valence-electron chi connectivity index (χ3n) is 0.903. The number of hydrogen-bond acceptors (Lipinski definition) is 3. The number of Topliss-reactive ketones (excluding diaryl/α,β-unsaturated/α-hetero) is 1. The van der Waals surface area contributed by atoms with E-state index in [1.807, 2.05) is 0 Å². The lowest BCUT2D eigenvalue weighted by atomic mass is 10.4. The zero-order valence-electron chi connectivity index (χ0n) is 5.89. The van der Waals surface area contributed by atoms with Gasteiger partial charge in [0.2, 0.25) is 0 Å². The minimum Gasteiger partial charge on any atom is -0.481 e. The lowest BCUT2D eigenvalue weighted by Gasteiger charge is -1.75. The van der Waals surface area contributed by atoms with Gasteiger partial charge in [0.05, 0.1) is 6.54 Å². The quantitative estimate of drug-likeness (QED) is 0.488. The van der Waals surface area contributed by atoms with Crippen LogP contribution in [0.15, 0.2) is 0 Å². The number of rotatable bonds is 0. The SMILES string of the molecule is CC(=O)O.O=C1CCNC1. The fourth-order valence-electron chi connectivity index (χ4n) is 0.544. The number of hydrogen-bond donors (Lipinski definition) is 2. The minimum absolute atomic E-state index is 0.343. The van der Waals surface area contributed by atoms with Crippen molar-refractivity contribution < 1.29 is 14.7 Å². The first kappa shape index (κ1) is 9.10. The largest absolute Gasteiger partial charge is 0.481 e. The van der Waals surface area contributed by atoms with E-state index in [2.05, 4.69) is 5.32 Å². The van der Waals surface area contributed by atoms with E-state index in [0.29, 0.717) is 12.3 Å². The predicted molar refractivity (Wildman–Crippen MR) is 35.8 cm³/mol. The van der Waals surface area contributed by atoms with Crippen LogP contribution in [0, 0.1) is 0 Å². The molecule has 0 aromatic carbocycles. The normalized spacial score (nSPS) is 15.9. The van der Waals surface area contributed by atoms with Gasteiger partial charge in [-0.1, -0.05) is 0 Å². The second-order valence-electron chi connectivity index (χ2n) is 1.98. The Hall–Kier alpha value is -0.900. The molecule has 1 aliphatic rings. The lowest BCUT2D eigenvalue weighted by Crippen LogP contribution is -2.07. The minimum atomic E-state index is -0.833. The Balaban J connectivity index is 0.000000180. The molecule has 0 aromatic heterocycles. The first-order valence-corrected chi connectivity index (χ1v) is 3.05. The average Bonchev–Trinajstić information content (AvgIpc) is 2.15. The van der Waals surface area contributed by atoms with Crippen molar-refractivity contribution in [3.63, 3.8) is 0 Å². The van der Waals surface area contributed by atoms with Crippen LogP contribution in [0.2, 0.25) is 0 Å². The van der Waals surface area contributed by atoms with Gasteiger partial charge in [-0.2, -0.15) is 0 Å². The van der Waals surface area contributed by atoms with E-state index < -0.39 is 5.97 Å². The molecule has 0 spiro atoms. The summed E-state index contributed by atoms with van der Waals surface area (Å²) in [6.45, 7) is 2.57. The van der Waals surface area contributed by atoms with Crippen molar-refractivity contribution >= 4 is 11.8 Å². The van der Waals surface area contributed by atoms with Crippen molar-refractivity contribution in [2.45, 2.75) is 13.3 Å². The van der Waals surface area contributed by atoms with Crippen LogP contribution in [0.4, 0.5) is 0 Å². The van der Waals surface area contributed by atoms with Gasteiger partial charge in [-0.3, -0.25) is 9.59 Å². The molecule has 58 valence electrons. The predicted octanol–water partition coefficient (Wildman–Crippen LogP) is -0.360. The molecule has 0 bridgehead atoms. The summed E-state index contributed by atoms with van der Waals surface area (Å²) in [6.07, 6.45) is 0.736. The maximum Gasteiger partial charge on any atom is 0.300 e. The highest BCUT2D eigenvalue weighted by atomic mass is 16.4. The van der Waals surface area contributed by atoms with Crippen molar-refractivity contribution in [2.75, 3.05) is 13.1 Å². The molecule has 0 aliphatic carbocycles. The Kier molecular flexibility index (Phi) is 4.49. The van der Waals surface area contributed by atoms with Crippen molar-refractivity contribution in [1.82, 2.24) is 5.32 Å². The van der Waals surface area contributed by atoms with E-state index in [9.17, 15) is 4.79 Å². The third kappa shape index (κ3) is 7.10. The van der Waals surface area contributed by atoms with Crippen LogP contribution < -0.4 is 5.32 Å². The van der Waals surface area contributed by atoms with Crippen LogP contribution in [0.25, 0.3) is 0 Å². The number of aliphatic carboxylic acids is 1. The zero-order valence-corrected chi connectivity index (χ0v) is 5.89. The van der Waals surface area contributed by atoms with E-state index in [0.717, 1.165) is 19.9 Å². The topological polar surface area (TPSA) is 66.4 Å². The number of carboxylic acids is 1. The molecule has 2 N–H and O–H groups in total. The van der Waals surface area contributed by atoms with Crippen LogP contribution in [-0.2, 0) is 9.59 Å². The van der Waals surface area contributed by atoms with Gasteiger partial charge in [-0.05, 0) is 0 Å². The van der Waals surface area contributed by atoms with Crippen LogP contribution in [0.3, 0.4) is 0 Å². The Bertz CT molecular complexity index is 121. The molecule has 0 radical (unpaired) electrons. The highest BCUT2D eigenvalue weighted by Gasteiger charge is 2.06. The van der Waals surface area contributed by atoms with Crippen LogP contribution >= 0.6 is 0 Å². The third-order valence-corrected chi connectivity index (χ3v) is 0.903. The summed E-state index contributed by atoms with van der Waals surface area (Å²) < 4.78 is 0. The maximum atomic E-state index is 10.2. The fourth-order valence-corrected chi connectivity index (χ4v) is 0.544. The van der Waals surface area contributed by atoms with Gasteiger partial charge in [0, 0.05) is 19.9 Å². The smallest absolute Gasteiger partial charge is 0.300 e. The molecule has 0 unspecified atom stereocenters. The number of carbonyl (C=O) groups is 2. The van der Waals surface area contributed by atoms with Crippen LogP contribution in [0.1, 0.15) is 13.3 Å². The van der Waals surface area contributed by atoms with Crippen LogP contribution in [-0.4, -0.2) is 29.9 Å². The lowest BCUT2D eigenvalue weighted by molar-refractivity contribution is -0.134. The summed E-state index contributed by atoms with van der Waals surface area (Å²) >= 11 is 0. The zero-order chi connectivity index (χ0) is 7.98. The molecule has 1 fully saturated rings. The fraction of sp³-hybridized carbons (Fsp3) is 0.667. The molecule has 0 saturated carbocycles. The molecule has 1 saturated heterocycles. The molecule has 0 aromatic rings. The van der Waals surface area contributed by atoms with E-state index in [1.54, 1.807) is 0 Å². The van der Waals surface area contributed by atoms with Gasteiger partial charge in [-0.25, -0.2) is 0 Å². The monoisotopic (exact) mass is 145 g/mol. The number of ketones is 1. The maximum absolute atomic E-state index is 10.2. The Morgan fingerprint density at radius 2 is 2.20 bits per heavy atom. The average molecular weight is 145 g/mol. The van der Waals surface area contributed by atoms with Gasteiger partial charge < -0.3 is 10.4 Å². The molecular weight excluding hydrogens is 134 g/mol. The molecular formula is C6H11NO3. The Morgan fingerprint density at radius 3 is 2.30 bits per heavy atom.